The molecule has 0 atom stereocenters. The third-order valence-electron chi connectivity index (χ3n) is 15.5. The van der Waals surface area contributed by atoms with Crippen LogP contribution in [0.15, 0.2) is 261 Å². The van der Waals surface area contributed by atoms with E-state index in [4.69, 9.17) is 15.2 Å². The molecule has 0 radical (unpaired) electrons. The highest BCUT2D eigenvalue weighted by Crippen LogP contribution is 2.38. The van der Waals surface area contributed by atoms with E-state index in [2.05, 4.69) is 64.6 Å². The van der Waals surface area contributed by atoms with Crippen molar-refractivity contribution in [3.05, 3.63) is 284 Å². The van der Waals surface area contributed by atoms with Crippen LogP contribution in [-0.2, 0) is 16.2 Å². The van der Waals surface area contributed by atoms with Crippen LogP contribution in [0.5, 0.6) is 11.5 Å². The second-order valence-electron chi connectivity index (χ2n) is 24.0. The van der Waals surface area contributed by atoms with Gasteiger partial charge in [-0.15, -0.1) is 0 Å². The summed E-state index contributed by atoms with van der Waals surface area (Å²) >= 11 is 0. The summed E-state index contributed by atoms with van der Waals surface area (Å²) in [7, 11) is -6.19. The Balaban J connectivity index is 1.22. The summed E-state index contributed by atoms with van der Waals surface area (Å²) in [5.74, 6) is 1.48. The van der Waals surface area contributed by atoms with Crippen molar-refractivity contribution < 1.29 is 36.7 Å². The Hall–Kier alpha value is -9.36. The van der Waals surface area contributed by atoms with Crippen LogP contribution >= 0.6 is 0 Å². The fraction of sp³-hybridized carbons (Fsp3) is 0.154. The molecule has 5 nitrogen and oxygen atoms in total. The van der Waals surface area contributed by atoms with Gasteiger partial charge >= 0.3 is 0 Å². The number of hydrogen-bond acceptors (Lipinski definition) is 2. The molecule has 6 heteroatoms. The molecule has 84 heavy (non-hydrogen) atoms. The number of aromatic nitrogens is 4. The number of imidazole rings is 1. The second-order valence-corrected chi connectivity index (χ2v) is 27.5. The molecule has 0 bridgehead atoms. The summed E-state index contributed by atoms with van der Waals surface area (Å²) in [4.78, 5) is 4.87. The van der Waals surface area contributed by atoms with Gasteiger partial charge in [0.2, 0.25) is 0 Å². The molecule has 0 aliphatic carbocycles. The first-order valence-electron chi connectivity index (χ1n) is 37.7. The smallest absolute Gasteiger partial charge is 0.269 e. The molecule has 3 aromatic heterocycles. The van der Waals surface area contributed by atoms with E-state index >= 15 is 0 Å². The lowest BCUT2D eigenvalue weighted by Crippen LogP contribution is -2.76. The second kappa shape index (κ2) is 21.1. The van der Waals surface area contributed by atoms with Gasteiger partial charge in [0.05, 0.1) is 60.9 Å². The van der Waals surface area contributed by atoms with Crippen LogP contribution in [0.3, 0.4) is 0 Å². The van der Waals surface area contributed by atoms with E-state index in [9.17, 15) is 21.9 Å². The number of ether oxygens (including phenoxy) is 1. The fourth-order valence-electron chi connectivity index (χ4n) is 11.2. The molecule has 0 unspecified atom stereocenters. The van der Waals surface area contributed by atoms with Gasteiger partial charge in [-0.2, -0.15) is 0 Å². The molecule has 3 heterocycles. The lowest BCUT2D eigenvalue weighted by Gasteiger charge is -2.38. The van der Waals surface area contributed by atoms with E-state index in [-0.39, 0.29) is 38.3 Å². The maximum absolute atomic E-state index is 10.2. The lowest BCUT2D eigenvalue weighted by molar-refractivity contribution is -0.570. The molecule has 0 saturated carbocycles. The van der Waals surface area contributed by atoms with Crippen molar-refractivity contribution in [1.82, 2.24) is 14.1 Å². The van der Waals surface area contributed by atoms with Gasteiger partial charge in [0, 0.05) is 23.0 Å². The Labute approximate surface area is 523 Å². The molecule has 13 aromatic rings. The Bertz CT molecular complexity index is 5530. The van der Waals surface area contributed by atoms with Crippen LogP contribution in [0, 0.1) is 6.33 Å². The third-order valence-corrected chi connectivity index (χ3v) is 19.7. The summed E-state index contributed by atoms with van der Waals surface area (Å²) in [6.07, 6.45) is 5.35. The number of hydrogen-bond donors (Lipinski definition) is 0. The highest BCUT2D eigenvalue weighted by atomic mass is 28.3. The minimum atomic E-state index is -6.19. The monoisotopic (exact) mass is 1130 g/mol. The first-order valence-corrected chi connectivity index (χ1v) is 29.7. The number of para-hydroxylation sites is 1. The average molecular weight is 1130 g/mol. The normalized spacial score (nSPS) is 15.7. The van der Waals surface area contributed by atoms with Crippen molar-refractivity contribution in [2.45, 2.75) is 78.6 Å². The van der Waals surface area contributed by atoms with Crippen molar-refractivity contribution in [3.8, 4) is 50.9 Å². The van der Waals surface area contributed by atoms with Crippen molar-refractivity contribution >= 4 is 61.7 Å². The van der Waals surface area contributed by atoms with Gasteiger partial charge in [-0.25, -0.2) is 4.98 Å². The van der Waals surface area contributed by atoms with Crippen LogP contribution in [0.25, 0.3) is 72.3 Å². The average Bonchev–Trinajstić information content (AvgIpc) is 0.682. The van der Waals surface area contributed by atoms with Crippen molar-refractivity contribution in [2.24, 2.45) is 0 Å². The molecule has 0 fully saturated rings. The molecule has 0 aliphatic heterocycles. The van der Waals surface area contributed by atoms with E-state index in [0.29, 0.717) is 34.1 Å². The Morgan fingerprint density at radius 2 is 1.05 bits per heavy atom. The van der Waals surface area contributed by atoms with Gasteiger partial charge in [-0.05, 0) is 131 Å². The summed E-state index contributed by atoms with van der Waals surface area (Å²) in [5.41, 5.74) is 3.92. The van der Waals surface area contributed by atoms with Crippen LogP contribution in [0.4, 0.5) is 0 Å². The summed E-state index contributed by atoms with van der Waals surface area (Å²) in [5, 5.41) is -0.835. The quantitative estimate of drug-likeness (QED) is 0.0560. The maximum atomic E-state index is 10.2. The SMILES string of the molecule is [2H]c1c([2H])c([2H])c(-c2cc(C(C)(C)C)cc([Si](c3c([2H])c([2H])c([2H])c([2H])c3[2H])(c3c([2H])c([2H])c([2H])c([2H])c3[2H])c3c([2H])c([2H])c([2H])c([2H])c3[2H])c2-[n+]2[c-]n(-c3cccc(Oc4ccc5c6ccccc6n(-c6cc(C(C)(C)C)ccn6)c5c4)c3)c3cc(-c4ccc(C(C)(C)C)cc4)ccc32)c([2H])c1[2H]. The molecule has 0 amide bonds. The fourth-order valence-corrected chi connectivity index (χ4v) is 15.2. The van der Waals surface area contributed by atoms with Crippen LogP contribution in [-0.4, -0.2) is 22.2 Å². The van der Waals surface area contributed by atoms with Crippen LogP contribution < -0.4 is 30.1 Å². The maximum Gasteiger partial charge on any atom is 0.269 e. The molecular formula is C78H70N4OSi. The minimum Gasteiger partial charge on any atom is -0.458 e. The van der Waals surface area contributed by atoms with Crippen LogP contribution in [0.2, 0.25) is 0 Å². The number of nitrogens with zero attached hydrogens (tertiary/aromatic N) is 4. The number of rotatable bonds is 11. The molecule has 0 spiro atoms. The summed E-state index contributed by atoms with van der Waals surface area (Å²) in [6.45, 7) is 18.0. The molecular weight excluding hydrogens is 1040 g/mol. The Kier molecular flexibility index (Phi) is 8.95. The predicted octanol–water partition coefficient (Wildman–Crippen LogP) is 16.6. The van der Waals surface area contributed by atoms with Gasteiger partial charge in [-0.1, -0.05) is 256 Å². The molecule has 0 saturated heterocycles. The first kappa shape index (κ1) is 35.6. The third kappa shape index (κ3) is 9.74. The molecule has 412 valence electrons. The largest absolute Gasteiger partial charge is 0.458 e. The van der Waals surface area contributed by atoms with Crippen molar-refractivity contribution in [3.63, 3.8) is 0 Å². The lowest BCUT2D eigenvalue weighted by atomic mass is 9.84. The molecule has 10 aromatic carbocycles. The highest BCUT2D eigenvalue weighted by molar-refractivity contribution is 7.20. The number of pyridine rings is 1. The van der Waals surface area contributed by atoms with Gasteiger partial charge in [-0.3, -0.25) is 13.7 Å². The summed E-state index contributed by atoms with van der Waals surface area (Å²) < 4.78 is 204. The standard InChI is InChI=1S/C78H70N4OSi/c1-76(2,3)57-40-37-54(38-41-57)56-39-44-70-72(47-56)80(60-27-24-28-61(51-60)83-62-42-43-67-66-35-22-23-36-69(66)82(71(67)52-62)74-50-58(45-46-79-74)77(4,5)6)53-81(70)75-68(55-25-14-10-15-26-55)48-59(78(7,8)9)49-73(75)84(63-29-16-11-17-30-63,64-31-18-12-19-32-64)65-33-20-13-21-34-65/h10-52H,1-9H3/i10D,11D,12D,13D,14D,15D,16D,17D,18D,19D,20D,21D,25D,26D,29D,30D,31D,32D,33D,34D. The topological polar surface area (TPSA) is 35.9 Å². The molecule has 0 N–H and O–H groups in total. The zero-order valence-corrected chi connectivity index (χ0v) is 49.0. The zero-order valence-electron chi connectivity index (χ0n) is 68.0. The number of fused-ring (bicyclic) bond motifs is 4. The van der Waals surface area contributed by atoms with Gasteiger partial charge < -0.3 is 4.74 Å². The van der Waals surface area contributed by atoms with E-state index < -0.39 is 155 Å². The van der Waals surface area contributed by atoms with E-state index in [1.165, 1.54) is 10.6 Å². The first-order chi connectivity index (χ1) is 48.8. The zero-order chi connectivity index (χ0) is 75.4. The van der Waals surface area contributed by atoms with Crippen LogP contribution in [0.1, 0.15) is 106 Å². The summed E-state index contributed by atoms with van der Waals surface area (Å²) in [6, 6.07) is 22.7. The highest BCUT2D eigenvalue weighted by Gasteiger charge is 2.45. The van der Waals surface area contributed by atoms with E-state index in [1.807, 2.05) is 78.9 Å². The minimum absolute atomic E-state index is 0.189. The van der Waals surface area contributed by atoms with Gasteiger partial charge in [0.25, 0.3) is 6.33 Å². The number of benzene rings is 10. The Morgan fingerprint density at radius 3 is 1.68 bits per heavy atom. The predicted molar refractivity (Wildman–Crippen MR) is 353 cm³/mol. The van der Waals surface area contributed by atoms with E-state index in [0.717, 1.165) is 38.5 Å². The van der Waals surface area contributed by atoms with Crippen molar-refractivity contribution in [2.75, 3.05) is 0 Å². The Morgan fingerprint density at radius 1 is 0.464 bits per heavy atom. The van der Waals surface area contributed by atoms with Gasteiger partial charge in [0.1, 0.15) is 17.3 Å². The molecule has 0 aliphatic rings. The molecule has 13 rings (SSSR count). The van der Waals surface area contributed by atoms with Crippen molar-refractivity contribution in [1.29, 1.82) is 0 Å². The van der Waals surface area contributed by atoms with Gasteiger partial charge in [0.15, 0.2) is 8.07 Å². The van der Waals surface area contributed by atoms with E-state index in [1.54, 1.807) is 67.9 Å².